The zero-order valence-electron chi connectivity index (χ0n) is 10.5. The number of nitrogens with one attached hydrogen (secondary N) is 2. The molecule has 18 heavy (non-hydrogen) atoms. The summed E-state index contributed by atoms with van der Waals surface area (Å²) in [6, 6.07) is 3.05. The molecule has 2 amide bonds. The van der Waals surface area contributed by atoms with Crippen LogP contribution < -0.4 is 15.4 Å². The number of pyridine rings is 1. The van der Waals surface area contributed by atoms with Gasteiger partial charge in [-0.2, -0.15) is 4.73 Å². The number of carbonyl (C=O) groups excluding carboxylic acids is 2. The molecule has 1 heterocycles. The highest BCUT2D eigenvalue weighted by molar-refractivity contribution is 5.93. The Balaban J connectivity index is 2.32. The monoisotopic (exact) mass is 251 g/mol. The van der Waals surface area contributed by atoms with Crippen molar-refractivity contribution in [2.24, 2.45) is 5.92 Å². The van der Waals surface area contributed by atoms with E-state index in [1.165, 1.54) is 18.5 Å². The maximum atomic E-state index is 11.6. The van der Waals surface area contributed by atoms with Crippen LogP contribution >= 0.6 is 0 Å². The van der Waals surface area contributed by atoms with Crippen LogP contribution in [0, 0.1) is 11.1 Å². The average Bonchev–Trinajstić information content (AvgIpc) is 2.33. The van der Waals surface area contributed by atoms with Gasteiger partial charge >= 0.3 is 0 Å². The Kier molecular flexibility index (Phi) is 5.10. The van der Waals surface area contributed by atoms with Crippen LogP contribution in [0.3, 0.4) is 0 Å². The number of carbonyl (C=O) groups is 2. The van der Waals surface area contributed by atoms with Gasteiger partial charge in [0.2, 0.25) is 5.91 Å². The molecule has 1 aromatic heterocycles. The molecule has 0 aliphatic heterocycles. The lowest BCUT2D eigenvalue weighted by Crippen LogP contribution is -2.37. The summed E-state index contributed by atoms with van der Waals surface area (Å²) in [6.07, 6.45) is 2.50. The highest BCUT2D eigenvalue weighted by Crippen LogP contribution is 1.93. The fourth-order valence-electron chi connectivity index (χ4n) is 1.26. The highest BCUT2D eigenvalue weighted by atomic mass is 16.5. The molecule has 0 bridgehead atoms. The Morgan fingerprint density at radius 1 is 1.33 bits per heavy atom. The lowest BCUT2D eigenvalue weighted by Gasteiger charge is -2.08. The van der Waals surface area contributed by atoms with Gasteiger partial charge in [-0.3, -0.25) is 9.59 Å². The van der Waals surface area contributed by atoms with Crippen molar-refractivity contribution in [3.63, 3.8) is 0 Å². The van der Waals surface area contributed by atoms with Gasteiger partial charge in [0, 0.05) is 25.1 Å². The van der Waals surface area contributed by atoms with Gasteiger partial charge in [-0.25, -0.2) is 0 Å². The third-order valence-corrected chi connectivity index (χ3v) is 2.27. The molecule has 0 radical (unpaired) electrons. The number of aromatic nitrogens is 1. The van der Waals surface area contributed by atoms with Crippen LogP contribution in [0.5, 0.6) is 0 Å². The molecule has 0 aliphatic rings. The summed E-state index contributed by atoms with van der Waals surface area (Å²) in [5.41, 5.74) is 0.294. The number of hydrogen-bond donors (Lipinski definition) is 2. The van der Waals surface area contributed by atoms with Gasteiger partial charge in [0.05, 0.1) is 0 Å². The zero-order chi connectivity index (χ0) is 13.5. The van der Waals surface area contributed by atoms with E-state index in [2.05, 4.69) is 10.6 Å². The van der Waals surface area contributed by atoms with Crippen LogP contribution in [0.1, 0.15) is 24.2 Å². The van der Waals surface area contributed by atoms with Crippen molar-refractivity contribution in [2.75, 3.05) is 13.1 Å². The average molecular weight is 251 g/mol. The molecule has 0 aliphatic carbocycles. The molecule has 6 nitrogen and oxygen atoms in total. The second kappa shape index (κ2) is 6.58. The first kappa shape index (κ1) is 14.0. The second-order valence-electron chi connectivity index (χ2n) is 4.15. The third kappa shape index (κ3) is 4.40. The molecule has 0 saturated carbocycles. The first-order valence-corrected chi connectivity index (χ1v) is 5.75. The molecule has 0 spiro atoms. The van der Waals surface area contributed by atoms with E-state index in [0.717, 1.165) is 0 Å². The minimum atomic E-state index is -0.334. The van der Waals surface area contributed by atoms with E-state index in [0.29, 0.717) is 23.4 Å². The summed E-state index contributed by atoms with van der Waals surface area (Å²) in [7, 11) is 0. The summed E-state index contributed by atoms with van der Waals surface area (Å²) in [4.78, 5) is 22.8. The van der Waals surface area contributed by atoms with Crippen LogP contribution in [-0.4, -0.2) is 24.9 Å². The topological polar surface area (TPSA) is 85.1 Å². The molecule has 98 valence electrons. The molecule has 0 fully saturated rings. The predicted octanol–water partition coefficient (Wildman–Crippen LogP) is -0.178. The van der Waals surface area contributed by atoms with E-state index in [4.69, 9.17) is 0 Å². The second-order valence-corrected chi connectivity index (χ2v) is 4.15. The normalized spacial score (nSPS) is 10.2. The van der Waals surface area contributed by atoms with Crippen molar-refractivity contribution < 1.29 is 14.3 Å². The van der Waals surface area contributed by atoms with Crippen LogP contribution in [-0.2, 0) is 4.79 Å². The van der Waals surface area contributed by atoms with Crippen molar-refractivity contribution in [3.05, 3.63) is 35.3 Å². The Hall–Kier alpha value is -2.11. The highest BCUT2D eigenvalue weighted by Gasteiger charge is 2.08. The van der Waals surface area contributed by atoms with E-state index in [9.17, 15) is 14.8 Å². The first-order valence-electron chi connectivity index (χ1n) is 5.75. The third-order valence-electron chi connectivity index (χ3n) is 2.27. The van der Waals surface area contributed by atoms with Crippen molar-refractivity contribution >= 4 is 11.8 Å². The van der Waals surface area contributed by atoms with Crippen molar-refractivity contribution in [1.29, 1.82) is 0 Å². The van der Waals surface area contributed by atoms with Gasteiger partial charge in [0.15, 0.2) is 12.4 Å². The van der Waals surface area contributed by atoms with Gasteiger partial charge in [0.1, 0.15) is 5.56 Å². The molecule has 2 N–H and O–H groups in total. The van der Waals surface area contributed by atoms with Gasteiger partial charge in [-0.1, -0.05) is 13.8 Å². The molecule has 1 aromatic rings. The number of amides is 2. The fourth-order valence-corrected chi connectivity index (χ4v) is 1.26. The van der Waals surface area contributed by atoms with E-state index in [1.807, 2.05) is 0 Å². The molecule has 0 unspecified atom stereocenters. The summed E-state index contributed by atoms with van der Waals surface area (Å²) in [5.74, 6) is -0.463. The minimum absolute atomic E-state index is 0.0543. The Morgan fingerprint density at radius 3 is 2.61 bits per heavy atom. The Bertz CT molecular complexity index is 432. The number of nitrogens with zero attached hydrogens (tertiary/aromatic N) is 1. The first-order chi connectivity index (χ1) is 8.50. The summed E-state index contributed by atoms with van der Waals surface area (Å²) >= 11 is 0. The van der Waals surface area contributed by atoms with Crippen molar-refractivity contribution in [3.8, 4) is 0 Å². The maximum absolute atomic E-state index is 11.6. The van der Waals surface area contributed by atoms with Crippen LogP contribution in [0.15, 0.2) is 24.5 Å². The summed E-state index contributed by atoms with van der Waals surface area (Å²) in [5, 5.41) is 16.3. The zero-order valence-corrected chi connectivity index (χ0v) is 10.5. The quantitative estimate of drug-likeness (QED) is 0.432. The molecule has 6 heteroatoms. The van der Waals surface area contributed by atoms with E-state index < -0.39 is 0 Å². The lowest BCUT2D eigenvalue weighted by atomic mass is 10.2. The smallest absolute Gasteiger partial charge is 0.257 e. The van der Waals surface area contributed by atoms with Crippen LogP contribution in [0.4, 0.5) is 0 Å². The molecule has 0 atom stereocenters. The molecular weight excluding hydrogens is 234 g/mol. The maximum Gasteiger partial charge on any atom is 0.257 e. The van der Waals surface area contributed by atoms with Gasteiger partial charge < -0.3 is 15.8 Å². The minimum Gasteiger partial charge on any atom is -0.619 e. The lowest BCUT2D eigenvalue weighted by molar-refractivity contribution is -0.605. The van der Waals surface area contributed by atoms with Crippen molar-refractivity contribution in [2.45, 2.75) is 13.8 Å². The van der Waals surface area contributed by atoms with E-state index in [1.54, 1.807) is 19.9 Å². The van der Waals surface area contributed by atoms with Crippen LogP contribution in [0.2, 0.25) is 0 Å². The summed E-state index contributed by atoms with van der Waals surface area (Å²) < 4.78 is 0.565. The SMILES string of the molecule is CC(C)C(=O)NCCNC(=O)c1ccc[n+]([O-])c1. The fraction of sp³-hybridized carbons (Fsp3) is 0.417. The predicted molar refractivity (Wildman–Crippen MR) is 65.6 cm³/mol. The van der Waals surface area contributed by atoms with Gasteiger partial charge in [-0.15, -0.1) is 0 Å². The van der Waals surface area contributed by atoms with E-state index in [-0.39, 0.29) is 17.7 Å². The number of hydrogen-bond acceptors (Lipinski definition) is 3. The van der Waals surface area contributed by atoms with E-state index >= 15 is 0 Å². The standard InChI is InChI=1S/C12H17N3O3/c1-9(2)11(16)13-5-6-14-12(17)10-4-3-7-15(18)8-10/h3-4,7-9H,5-6H2,1-2H3,(H,13,16)(H,14,17). The van der Waals surface area contributed by atoms with Crippen LogP contribution in [0.25, 0.3) is 0 Å². The van der Waals surface area contributed by atoms with Gasteiger partial charge in [-0.05, 0) is 6.07 Å². The molecular formula is C12H17N3O3. The Morgan fingerprint density at radius 2 is 2.00 bits per heavy atom. The number of rotatable bonds is 5. The van der Waals surface area contributed by atoms with Crippen molar-refractivity contribution in [1.82, 2.24) is 10.6 Å². The summed E-state index contributed by atoms with van der Waals surface area (Å²) in [6.45, 7) is 4.29. The Labute approximate surface area is 106 Å². The largest absolute Gasteiger partial charge is 0.619 e. The molecule has 0 aromatic carbocycles. The van der Waals surface area contributed by atoms with Gasteiger partial charge in [0.25, 0.3) is 5.91 Å². The molecule has 0 saturated heterocycles. The molecule has 1 rings (SSSR count).